The van der Waals surface area contributed by atoms with Gasteiger partial charge in [-0.05, 0) is 0 Å². The molecule has 1 saturated heterocycles. The Kier molecular flexibility index (Phi) is 4.07. The first kappa shape index (κ1) is 21.4. The Balaban J connectivity index is 4.16. The third-order valence-corrected chi connectivity index (χ3v) is 4.09. The molecule has 1 rings (SSSR count). The Morgan fingerprint density at radius 1 is 0.500 bits per heavy atom. The van der Waals surface area contributed by atoms with Crippen LogP contribution in [0.3, 0.4) is 0 Å². The standard InChI is InChI=1S/C6H6F12N3O2P/c7-3(8,9)1(4(10,11)12)2(5(13,14)15,6(16,17)18)23-24(19,20,21)22-1/h19-21H2. The molecular weight excluding hydrogens is 405 g/mol. The van der Waals surface area contributed by atoms with Gasteiger partial charge in [0.05, 0.1) is 0 Å². The fraction of sp³-hybridized carbons (Fsp3) is 1.00. The van der Waals surface area contributed by atoms with Crippen molar-refractivity contribution in [3.8, 4) is 0 Å². The molecule has 1 aliphatic rings. The minimum atomic E-state index is -7.38. The van der Waals surface area contributed by atoms with Crippen molar-refractivity contribution in [2.45, 2.75) is 35.9 Å². The molecule has 5 nitrogen and oxygen atoms in total. The van der Waals surface area contributed by atoms with Crippen molar-refractivity contribution in [1.29, 1.82) is 0 Å². The maximum absolute atomic E-state index is 12.9. The Labute approximate surface area is 123 Å². The van der Waals surface area contributed by atoms with Gasteiger partial charge in [0.2, 0.25) is 0 Å². The van der Waals surface area contributed by atoms with Crippen LogP contribution in [0.1, 0.15) is 0 Å². The molecule has 0 amide bonds. The normalized spacial score (nSPS) is 28.2. The number of hydrogen-bond acceptors (Lipinski definition) is 5. The van der Waals surface area contributed by atoms with Gasteiger partial charge in [-0.3, -0.25) is 0 Å². The van der Waals surface area contributed by atoms with Gasteiger partial charge in [0.25, 0.3) is 0 Å². The Morgan fingerprint density at radius 2 is 0.667 bits per heavy atom. The molecule has 1 fully saturated rings. The average molecular weight is 411 g/mol. The third-order valence-electron chi connectivity index (χ3n) is 2.76. The zero-order valence-electron chi connectivity index (χ0n) is 10.5. The fourth-order valence-electron chi connectivity index (χ4n) is 2.06. The third kappa shape index (κ3) is 2.61. The van der Waals surface area contributed by atoms with Gasteiger partial charge >= 0.3 is 122 Å². The number of halogens is 12. The molecule has 18 heteroatoms. The zero-order valence-corrected chi connectivity index (χ0v) is 11.4. The van der Waals surface area contributed by atoms with E-state index in [1.807, 2.05) is 0 Å². The molecule has 24 heavy (non-hydrogen) atoms. The summed E-state index contributed by atoms with van der Waals surface area (Å²) in [5, 5.41) is 0. The van der Waals surface area contributed by atoms with Crippen LogP contribution >= 0.6 is 7.51 Å². The van der Waals surface area contributed by atoms with Gasteiger partial charge in [-0.2, -0.15) is 0 Å². The molecule has 0 radical (unpaired) electrons. The first-order chi connectivity index (χ1) is 9.93. The van der Waals surface area contributed by atoms with E-state index in [0.29, 0.717) is 0 Å². The molecule has 0 aliphatic carbocycles. The molecule has 1 aliphatic heterocycles. The second kappa shape index (κ2) is 4.56. The second-order valence-electron chi connectivity index (χ2n) is 4.69. The van der Waals surface area contributed by atoms with Crippen molar-refractivity contribution in [3.63, 3.8) is 0 Å². The molecular formula is C6H6F12N3O2P. The van der Waals surface area contributed by atoms with Gasteiger partial charge in [0.1, 0.15) is 0 Å². The van der Waals surface area contributed by atoms with Crippen molar-refractivity contribution in [3.05, 3.63) is 0 Å². The summed E-state index contributed by atoms with van der Waals surface area (Å²) in [4.78, 5) is 0. The van der Waals surface area contributed by atoms with Crippen LogP contribution in [0.25, 0.3) is 0 Å². The molecule has 0 bridgehead atoms. The maximum atomic E-state index is 12.9. The van der Waals surface area contributed by atoms with Gasteiger partial charge in [-0.25, -0.2) is 0 Å². The predicted molar refractivity (Wildman–Crippen MR) is 51.3 cm³/mol. The number of alkyl halides is 12. The van der Waals surface area contributed by atoms with E-state index in [1.54, 1.807) is 0 Å². The van der Waals surface area contributed by atoms with Crippen LogP contribution in [0, 0.1) is 0 Å². The van der Waals surface area contributed by atoms with E-state index in [2.05, 4.69) is 25.6 Å². The minimum absolute atomic E-state index is 2.87. The SMILES string of the molecule is NP1(N)(N)OC(C(F)(F)F)(C(F)(F)F)C(C(F)(F)F)(C(F)(F)F)O1. The summed E-state index contributed by atoms with van der Waals surface area (Å²) in [5.41, 5.74) is -0.883. The van der Waals surface area contributed by atoms with E-state index in [0.717, 1.165) is 0 Å². The Hall–Kier alpha value is -0.610. The van der Waals surface area contributed by atoms with E-state index in [1.165, 1.54) is 0 Å². The summed E-state index contributed by atoms with van der Waals surface area (Å²) in [6.45, 7) is 0. The first-order valence-electron chi connectivity index (χ1n) is 5.07. The van der Waals surface area contributed by atoms with Crippen LogP contribution in [-0.2, 0) is 9.05 Å². The van der Waals surface area contributed by atoms with Crippen molar-refractivity contribution in [1.82, 2.24) is 0 Å². The molecule has 0 unspecified atom stereocenters. The summed E-state index contributed by atoms with van der Waals surface area (Å²) < 4.78 is 161. The second-order valence-corrected chi connectivity index (χ2v) is 7.36. The average Bonchev–Trinajstić information content (AvgIpc) is 2.40. The van der Waals surface area contributed by atoms with Crippen molar-refractivity contribution in [2.24, 2.45) is 16.5 Å². The Bertz CT molecular complexity index is 453. The van der Waals surface area contributed by atoms with Crippen LogP contribution in [0.15, 0.2) is 0 Å². The van der Waals surface area contributed by atoms with Gasteiger partial charge in [0, 0.05) is 0 Å². The van der Waals surface area contributed by atoms with Crippen LogP contribution in [0.5, 0.6) is 0 Å². The molecule has 146 valence electrons. The summed E-state index contributed by atoms with van der Waals surface area (Å²) in [6, 6.07) is 0. The topological polar surface area (TPSA) is 96.5 Å². The molecule has 0 aromatic heterocycles. The summed E-state index contributed by atoms with van der Waals surface area (Å²) >= 11 is 0. The van der Waals surface area contributed by atoms with Crippen LogP contribution in [0.2, 0.25) is 0 Å². The van der Waals surface area contributed by atoms with Crippen LogP contribution in [0.4, 0.5) is 52.7 Å². The predicted octanol–water partition coefficient (Wildman–Crippen LogP) is 2.76. The van der Waals surface area contributed by atoms with Crippen molar-refractivity contribution in [2.75, 3.05) is 0 Å². The van der Waals surface area contributed by atoms with E-state index in [-0.39, 0.29) is 0 Å². The van der Waals surface area contributed by atoms with Gasteiger partial charge in [0.15, 0.2) is 0 Å². The number of nitrogens with two attached hydrogens (primary N) is 3. The molecule has 0 aromatic carbocycles. The Morgan fingerprint density at radius 3 is 0.792 bits per heavy atom. The molecule has 6 N–H and O–H groups in total. The number of hydrogen-bond donors (Lipinski definition) is 3. The van der Waals surface area contributed by atoms with E-state index < -0.39 is 43.4 Å². The summed E-state index contributed by atoms with van der Waals surface area (Å²) in [7, 11) is -7.12. The molecule has 0 spiro atoms. The molecule has 1 heterocycles. The van der Waals surface area contributed by atoms with Crippen LogP contribution < -0.4 is 16.5 Å². The quantitative estimate of drug-likeness (QED) is 0.421. The zero-order chi connectivity index (χ0) is 19.9. The van der Waals surface area contributed by atoms with Gasteiger partial charge in [-0.1, -0.05) is 0 Å². The summed E-state index contributed by atoms with van der Waals surface area (Å²) in [5.74, 6) is 0. The van der Waals surface area contributed by atoms with Gasteiger partial charge < -0.3 is 0 Å². The summed E-state index contributed by atoms with van der Waals surface area (Å²) in [6.07, 6.45) is -29.5. The van der Waals surface area contributed by atoms with E-state index >= 15 is 0 Å². The molecule has 0 saturated carbocycles. The van der Waals surface area contributed by atoms with Crippen LogP contribution in [-0.4, -0.2) is 35.9 Å². The fourth-order valence-corrected chi connectivity index (χ4v) is 3.94. The molecule has 0 aromatic rings. The first-order valence-corrected chi connectivity index (χ1v) is 7.35. The van der Waals surface area contributed by atoms with Gasteiger partial charge in [-0.15, -0.1) is 0 Å². The molecule has 0 atom stereocenters. The van der Waals surface area contributed by atoms with Crippen molar-refractivity contribution >= 4 is 7.51 Å². The van der Waals surface area contributed by atoms with E-state index in [9.17, 15) is 52.7 Å². The van der Waals surface area contributed by atoms with Crippen molar-refractivity contribution < 1.29 is 61.7 Å². The van der Waals surface area contributed by atoms with E-state index in [4.69, 9.17) is 0 Å². The monoisotopic (exact) mass is 411 g/mol. The number of rotatable bonds is 0.